The number of nitrogens with one attached hydrogen (secondary N) is 1. The van der Waals surface area contributed by atoms with Gasteiger partial charge in [-0.05, 0) is 45.6 Å². The van der Waals surface area contributed by atoms with Crippen molar-refractivity contribution in [2.45, 2.75) is 76.9 Å². The fourth-order valence-electron chi connectivity index (χ4n) is 5.11. The van der Waals surface area contributed by atoms with Crippen molar-refractivity contribution in [3.8, 4) is 0 Å². The summed E-state index contributed by atoms with van der Waals surface area (Å²) in [5, 5.41) is 16.6. The lowest BCUT2D eigenvalue weighted by atomic mass is 9.69. The summed E-state index contributed by atoms with van der Waals surface area (Å²) in [5.74, 6) is 0.364. The molecule has 1 spiro atoms. The highest BCUT2D eigenvalue weighted by atomic mass is 16.6. The summed E-state index contributed by atoms with van der Waals surface area (Å²) in [4.78, 5) is 27.0. The molecule has 2 heterocycles. The van der Waals surface area contributed by atoms with Crippen LogP contribution in [-0.4, -0.2) is 70.0 Å². The Kier molecular flexibility index (Phi) is 6.75. The van der Waals surface area contributed by atoms with Crippen LogP contribution in [0.4, 0.5) is 4.79 Å². The van der Waals surface area contributed by atoms with E-state index in [1.54, 1.807) is 7.05 Å². The van der Waals surface area contributed by atoms with Crippen molar-refractivity contribution in [1.29, 1.82) is 0 Å². The lowest BCUT2D eigenvalue weighted by Gasteiger charge is -2.36. The van der Waals surface area contributed by atoms with Gasteiger partial charge in [0.15, 0.2) is 0 Å². The van der Waals surface area contributed by atoms with E-state index in [1.807, 2.05) is 13.2 Å². The van der Waals surface area contributed by atoms with Crippen molar-refractivity contribution < 1.29 is 19.4 Å². The number of carboxylic acid groups (broad SMARTS) is 1. The first-order chi connectivity index (χ1) is 14.2. The third kappa shape index (κ3) is 4.48. The first-order valence-corrected chi connectivity index (χ1v) is 11.1. The number of rotatable bonds is 8. The number of carbonyl (C=O) groups excluding carboxylic acids is 1. The summed E-state index contributed by atoms with van der Waals surface area (Å²) in [6.45, 7) is 6.04. The summed E-state index contributed by atoms with van der Waals surface area (Å²) < 4.78 is 5.99. The molecular weight excluding hydrogens is 384 g/mol. The van der Waals surface area contributed by atoms with E-state index < -0.39 is 6.09 Å². The molecule has 1 aromatic rings. The molecule has 2 fully saturated rings. The molecule has 1 saturated carbocycles. The minimum atomic E-state index is -0.911. The average molecular weight is 421 g/mol. The molecule has 0 unspecified atom stereocenters. The molecule has 8 heteroatoms. The molecule has 1 aliphatic heterocycles. The summed E-state index contributed by atoms with van der Waals surface area (Å²) in [6.07, 6.45) is 7.33. The molecule has 0 aromatic carbocycles. The van der Waals surface area contributed by atoms with Gasteiger partial charge in [0, 0.05) is 50.8 Å². The normalized spacial score (nSPS) is 25.6. The van der Waals surface area contributed by atoms with Gasteiger partial charge in [0.05, 0.1) is 11.1 Å². The molecule has 1 saturated heterocycles. The van der Waals surface area contributed by atoms with E-state index in [1.165, 1.54) is 4.90 Å². The number of likely N-dealkylation sites (N-methyl/N-ethyl adjacent to an activating group) is 2. The molecule has 8 nitrogen and oxygen atoms in total. The minimum absolute atomic E-state index is 0.000591. The van der Waals surface area contributed by atoms with Crippen molar-refractivity contribution in [2.75, 3.05) is 27.2 Å². The predicted molar refractivity (Wildman–Crippen MR) is 113 cm³/mol. The second-order valence-corrected chi connectivity index (χ2v) is 9.25. The van der Waals surface area contributed by atoms with E-state index in [0.29, 0.717) is 19.0 Å². The Hall–Kier alpha value is -2.09. The highest BCUT2D eigenvalue weighted by Gasteiger charge is 2.55. The fourth-order valence-corrected chi connectivity index (χ4v) is 5.11. The number of amides is 1. The van der Waals surface area contributed by atoms with Crippen LogP contribution in [0.15, 0.2) is 6.20 Å². The molecule has 3 rings (SSSR count). The minimum Gasteiger partial charge on any atom is -0.465 e. The van der Waals surface area contributed by atoms with Gasteiger partial charge in [-0.1, -0.05) is 13.8 Å². The van der Waals surface area contributed by atoms with Crippen LogP contribution in [0.25, 0.3) is 0 Å². The topological polar surface area (TPSA) is 98.8 Å². The number of hydrogen-bond acceptors (Lipinski definition) is 5. The van der Waals surface area contributed by atoms with Crippen LogP contribution >= 0.6 is 0 Å². The monoisotopic (exact) mass is 420 g/mol. The van der Waals surface area contributed by atoms with E-state index in [2.05, 4.69) is 28.9 Å². The molecule has 2 N–H and O–H groups in total. The molecule has 0 atom stereocenters. The highest BCUT2D eigenvalue weighted by Crippen LogP contribution is 2.53. The van der Waals surface area contributed by atoms with Gasteiger partial charge in [-0.25, -0.2) is 4.79 Å². The quantitative estimate of drug-likeness (QED) is 0.624. The molecule has 0 radical (unpaired) electrons. The second kappa shape index (κ2) is 8.96. The molecule has 0 bridgehead atoms. The Morgan fingerprint density at radius 2 is 1.93 bits per heavy atom. The predicted octanol–water partition coefficient (Wildman–Crippen LogP) is 3.60. The standard InChI is InChI=1S/C22H36N4O4/c1-5-21(6-2)15-22(30-19(21)27)9-7-16(8-10-22)18-17(13-23-24-18)14-25(3)11-12-26(4)20(28)29/h13,16H,5-12,14-15H2,1-4H3,(H,23,24)(H,28,29). The molecule has 168 valence electrons. The Balaban J connectivity index is 1.58. The third-order valence-electron chi connectivity index (χ3n) is 7.38. The van der Waals surface area contributed by atoms with Gasteiger partial charge in [0.25, 0.3) is 0 Å². The van der Waals surface area contributed by atoms with Gasteiger partial charge >= 0.3 is 12.1 Å². The van der Waals surface area contributed by atoms with E-state index >= 15 is 0 Å². The lowest BCUT2D eigenvalue weighted by molar-refractivity contribution is -0.156. The van der Waals surface area contributed by atoms with E-state index in [9.17, 15) is 9.59 Å². The zero-order chi connectivity index (χ0) is 21.9. The van der Waals surface area contributed by atoms with Crippen LogP contribution < -0.4 is 0 Å². The fraction of sp³-hybridized carbons (Fsp3) is 0.773. The zero-order valence-electron chi connectivity index (χ0n) is 18.7. The van der Waals surface area contributed by atoms with Crippen LogP contribution in [0, 0.1) is 5.41 Å². The van der Waals surface area contributed by atoms with Gasteiger partial charge in [-0.2, -0.15) is 5.10 Å². The van der Waals surface area contributed by atoms with Crippen LogP contribution in [0.2, 0.25) is 0 Å². The number of hydrogen-bond donors (Lipinski definition) is 2. The van der Waals surface area contributed by atoms with Crippen LogP contribution in [0.3, 0.4) is 0 Å². The van der Waals surface area contributed by atoms with E-state index in [-0.39, 0.29) is 17.0 Å². The highest BCUT2D eigenvalue weighted by molar-refractivity contribution is 5.79. The molecule has 1 aliphatic carbocycles. The van der Waals surface area contributed by atoms with Crippen LogP contribution in [-0.2, 0) is 16.1 Å². The summed E-state index contributed by atoms with van der Waals surface area (Å²) in [7, 11) is 3.58. The van der Waals surface area contributed by atoms with Crippen molar-refractivity contribution in [3.05, 3.63) is 17.5 Å². The number of H-pyrrole nitrogens is 1. The lowest BCUT2D eigenvalue weighted by Crippen LogP contribution is -2.35. The van der Waals surface area contributed by atoms with Crippen molar-refractivity contribution in [1.82, 2.24) is 20.0 Å². The Labute approximate surface area is 179 Å². The average Bonchev–Trinajstić information content (AvgIpc) is 3.29. The van der Waals surface area contributed by atoms with Gasteiger partial charge in [0.2, 0.25) is 0 Å². The molecule has 1 aromatic heterocycles. The van der Waals surface area contributed by atoms with Gasteiger partial charge in [0.1, 0.15) is 5.60 Å². The van der Waals surface area contributed by atoms with Crippen molar-refractivity contribution >= 4 is 12.1 Å². The largest absolute Gasteiger partial charge is 0.465 e. The molecule has 2 aliphatic rings. The number of carbonyl (C=O) groups is 2. The first-order valence-electron chi connectivity index (χ1n) is 11.1. The Bertz CT molecular complexity index is 750. The second-order valence-electron chi connectivity index (χ2n) is 9.25. The summed E-state index contributed by atoms with van der Waals surface area (Å²) in [6, 6.07) is 0. The summed E-state index contributed by atoms with van der Waals surface area (Å²) >= 11 is 0. The Morgan fingerprint density at radius 3 is 2.50 bits per heavy atom. The molecular formula is C22H36N4O4. The number of aromatic amines is 1. The van der Waals surface area contributed by atoms with Gasteiger partial charge in [-0.15, -0.1) is 0 Å². The van der Waals surface area contributed by atoms with Crippen LogP contribution in [0.1, 0.15) is 76.0 Å². The number of ether oxygens (including phenoxy) is 1. The first kappa shape index (κ1) is 22.6. The zero-order valence-corrected chi connectivity index (χ0v) is 18.7. The molecule has 30 heavy (non-hydrogen) atoms. The third-order valence-corrected chi connectivity index (χ3v) is 7.38. The smallest absolute Gasteiger partial charge is 0.407 e. The van der Waals surface area contributed by atoms with E-state index in [0.717, 1.165) is 62.7 Å². The van der Waals surface area contributed by atoms with Crippen LogP contribution in [0.5, 0.6) is 0 Å². The number of esters is 1. The maximum Gasteiger partial charge on any atom is 0.407 e. The summed E-state index contributed by atoms with van der Waals surface area (Å²) in [5.41, 5.74) is 1.69. The number of nitrogens with zero attached hydrogens (tertiary/aromatic N) is 3. The molecule has 1 amide bonds. The van der Waals surface area contributed by atoms with Gasteiger partial charge in [-0.3, -0.25) is 9.89 Å². The SMILES string of the molecule is CCC1(CC)CC2(CCC(c3n[nH]cc3CN(C)CCN(C)C(=O)O)CC2)OC1=O. The Morgan fingerprint density at radius 1 is 1.27 bits per heavy atom. The maximum atomic E-state index is 12.6. The maximum absolute atomic E-state index is 12.6. The number of aromatic nitrogens is 2. The van der Waals surface area contributed by atoms with Gasteiger partial charge < -0.3 is 19.6 Å². The van der Waals surface area contributed by atoms with E-state index in [4.69, 9.17) is 9.84 Å². The van der Waals surface area contributed by atoms with Crippen molar-refractivity contribution in [2.24, 2.45) is 5.41 Å². The van der Waals surface area contributed by atoms with Crippen molar-refractivity contribution in [3.63, 3.8) is 0 Å².